The fourth-order valence-electron chi connectivity index (χ4n) is 4.01. The number of carbonyl (C=O) groups is 1. The molecule has 0 atom stereocenters. The molecule has 0 radical (unpaired) electrons. The van der Waals surface area contributed by atoms with E-state index in [-0.39, 0.29) is 5.91 Å². The number of amides is 1. The molecule has 0 unspecified atom stereocenters. The maximum absolute atomic E-state index is 13.0. The Bertz CT molecular complexity index is 1360. The van der Waals surface area contributed by atoms with Crippen LogP contribution >= 0.6 is 15.9 Å². The summed E-state index contributed by atoms with van der Waals surface area (Å²) in [6.07, 6.45) is 0. The molecular weight excluding hydrogens is 494 g/mol. The Hall–Kier alpha value is -3.39. The van der Waals surface area contributed by atoms with Crippen molar-refractivity contribution in [3.8, 4) is 11.4 Å². The number of benzene rings is 3. The van der Waals surface area contributed by atoms with Crippen molar-refractivity contribution in [2.45, 2.75) is 27.7 Å². The van der Waals surface area contributed by atoms with Crippen LogP contribution in [0.15, 0.2) is 53.0 Å². The molecule has 0 aliphatic heterocycles. The number of fused-ring (bicyclic) bond motifs is 1. The van der Waals surface area contributed by atoms with Crippen LogP contribution in [0.3, 0.4) is 0 Å². The zero-order valence-electron chi connectivity index (χ0n) is 20.0. The minimum Gasteiger partial charge on any atom is -0.496 e. The van der Waals surface area contributed by atoms with Gasteiger partial charge in [0.2, 0.25) is 0 Å². The van der Waals surface area contributed by atoms with Gasteiger partial charge in [0.25, 0.3) is 5.91 Å². The Labute approximate surface area is 207 Å². The topological polar surface area (TPSA) is 72.3 Å². The van der Waals surface area contributed by atoms with Gasteiger partial charge in [-0.05, 0) is 87.4 Å². The molecule has 0 saturated carbocycles. The summed E-state index contributed by atoms with van der Waals surface area (Å²) in [5, 5.41) is 12.4. The number of rotatable bonds is 7. The van der Waals surface area contributed by atoms with Crippen LogP contribution < -0.4 is 15.0 Å². The summed E-state index contributed by atoms with van der Waals surface area (Å²) in [6.45, 7) is 10.2. The van der Waals surface area contributed by atoms with E-state index in [2.05, 4.69) is 70.2 Å². The molecule has 0 aliphatic carbocycles. The molecule has 0 aliphatic rings. The van der Waals surface area contributed by atoms with E-state index in [4.69, 9.17) is 9.84 Å². The highest BCUT2D eigenvalue weighted by molar-refractivity contribution is 9.10. The van der Waals surface area contributed by atoms with Crippen molar-refractivity contribution in [2.75, 3.05) is 30.4 Å². The Morgan fingerprint density at radius 1 is 1.00 bits per heavy atom. The first-order chi connectivity index (χ1) is 16.3. The predicted molar refractivity (Wildman–Crippen MR) is 141 cm³/mol. The Morgan fingerprint density at radius 2 is 1.71 bits per heavy atom. The highest BCUT2D eigenvalue weighted by Gasteiger charge is 2.16. The Kier molecular flexibility index (Phi) is 6.88. The SMILES string of the molecule is CCN(CC)c1ccc(-n2nc3cc(C)c(NC(=O)c4cc(Br)ccc4OC)cc3n2)c(C)c1. The lowest BCUT2D eigenvalue weighted by Crippen LogP contribution is -2.21. The molecule has 34 heavy (non-hydrogen) atoms. The fourth-order valence-corrected chi connectivity index (χ4v) is 4.37. The van der Waals surface area contributed by atoms with Crippen molar-refractivity contribution in [3.63, 3.8) is 0 Å². The van der Waals surface area contributed by atoms with E-state index in [0.717, 1.165) is 39.9 Å². The quantitative estimate of drug-likeness (QED) is 0.327. The molecule has 0 fully saturated rings. The average Bonchev–Trinajstić information content (AvgIpc) is 3.22. The molecular formula is C26H28BrN5O2. The smallest absolute Gasteiger partial charge is 0.259 e. The number of aryl methyl sites for hydroxylation is 2. The molecule has 176 valence electrons. The molecule has 7 nitrogen and oxygen atoms in total. The van der Waals surface area contributed by atoms with Crippen molar-refractivity contribution < 1.29 is 9.53 Å². The molecule has 1 heterocycles. The van der Waals surface area contributed by atoms with Gasteiger partial charge in [0.05, 0.1) is 18.4 Å². The molecule has 3 aromatic carbocycles. The number of ether oxygens (including phenoxy) is 1. The van der Waals surface area contributed by atoms with Crippen LogP contribution in [0, 0.1) is 13.8 Å². The standard InChI is InChI=1S/C26H28BrN5O2/c1-6-31(7-2)19-9-10-24(17(4)12-19)32-29-22-13-16(3)21(15-23(22)30-32)28-26(33)20-14-18(27)8-11-25(20)34-5/h8-15H,6-7H2,1-5H3,(H,28,33). The number of aromatic nitrogens is 3. The number of hydrogen-bond donors (Lipinski definition) is 1. The van der Waals surface area contributed by atoms with Gasteiger partial charge in [0.15, 0.2) is 0 Å². The second-order valence-electron chi connectivity index (χ2n) is 8.09. The summed E-state index contributed by atoms with van der Waals surface area (Å²) < 4.78 is 6.15. The van der Waals surface area contributed by atoms with Gasteiger partial charge in [-0.1, -0.05) is 15.9 Å². The summed E-state index contributed by atoms with van der Waals surface area (Å²) in [6, 6.07) is 15.4. The normalized spacial score (nSPS) is 11.0. The second kappa shape index (κ2) is 9.85. The second-order valence-corrected chi connectivity index (χ2v) is 9.00. The van der Waals surface area contributed by atoms with E-state index in [1.54, 1.807) is 24.0 Å². The number of nitrogens with zero attached hydrogens (tertiary/aromatic N) is 4. The van der Waals surface area contributed by atoms with Crippen LogP contribution in [-0.4, -0.2) is 41.1 Å². The highest BCUT2D eigenvalue weighted by Crippen LogP contribution is 2.27. The summed E-state index contributed by atoms with van der Waals surface area (Å²) in [5.41, 5.74) is 6.70. The third kappa shape index (κ3) is 4.63. The van der Waals surface area contributed by atoms with Gasteiger partial charge >= 0.3 is 0 Å². The molecule has 0 spiro atoms. The fraction of sp³-hybridized carbons (Fsp3) is 0.269. The summed E-state index contributed by atoms with van der Waals surface area (Å²) in [5.74, 6) is 0.254. The molecule has 4 aromatic rings. The maximum Gasteiger partial charge on any atom is 0.259 e. The molecule has 4 rings (SSSR count). The maximum atomic E-state index is 13.0. The zero-order valence-corrected chi connectivity index (χ0v) is 21.6. The van der Waals surface area contributed by atoms with Crippen molar-refractivity contribution >= 4 is 44.2 Å². The van der Waals surface area contributed by atoms with E-state index in [0.29, 0.717) is 22.5 Å². The highest BCUT2D eigenvalue weighted by atomic mass is 79.9. The number of hydrogen-bond acceptors (Lipinski definition) is 5. The molecule has 0 bridgehead atoms. The van der Waals surface area contributed by atoms with Gasteiger partial charge in [-0.25, -0.2) is 0 Å². The van der Waals surface area contributed by atoms with Crippen LogP contribution in [0.1, 0.15) is 35.3 Å². The minimum absolute atomic E-state index is 0.254. The first-order valence-corrected chi connectivity index (χ1v) is 12.0. The summed E-state index contributed by atoms with van der Waals surface area (Å²) in [4.78, 5) is 17.0. The summed E-state index contributed by atoms with van der Waals surface area (Å²) in [7, 11) is 1.55. The van der Waals surface area contributed by atoms with Crippen molar-refractivity contribution in [2.24, 2.45) is 0 Å². The molecule has 1 aromatic heterocycles. The van der Waals surface area contributed by atoms with Crippen molar-refractivity contribution in [1.82, 2.24) is 15.0 Å². The van der Waals surface area contributed by atoms with Gasteiger partial charge in [-0.15, -0.1) is 10.2 Å². The lowest BCUT2D eigenvalue weighted by atomic mass is 10.1. The minimum atomic E-state index is -0.254. The van der Waals surface area contributed by atoms with Gasteiger partial charge in [-0.2, -0.15) is 4.80 Å². The van der Waals surface area contributed by atoms with E-state index in [1.165, 1.54) is 5.69 Å². The number of halogens is 1. The van der Waals surface area contributed by atoms with Crippen LogP contribution in [0.4, 0.5) is 11.4 Å². The van der Waals surface area contributed by atoms with E-state index in [9.17, 15) is 4.79 Å². The summed E-state index contributed by atoms with van der Waals surface area (Å²) >= 11 is 3.42. The number of methoxy groups -OCH3 is 1. The first kappa shape index (κ1) is 23.8. The lowest BCUT2D eigenvalue weighted by molar-refractivity contribution is 0.102. The van der Waals surface area contributed by atoms with Gasteiger partial charge < -0.3 is 15.0 Å². The third-order valence-corrected chi connectivity index (χ3v) is 6.40. The van der Waals surface area contributed by atoms with Crippen LogP contribution in [-0.2, 0) is 0 Å². The molecule has 0 saturated heterocycles. The van der Waals surface area contributed by atoms with Gasteiger partial charge in [0.1, 0.15) is 16.8 Å². The number of nitrogens with one attached hydrogen (secondary N) is 1. The first-order valence-electron chi connectivity index (χ1n) is 11.2. The van der Waals surface area contributed by atoms with Gasteiger partial charge in [0, 0.05) is 28.9 Å². The molecule has 1 amide bonds. The Morgan fingerprint density at radius 3 is 2.35 bits per heavy atom. The van der Waals surface area contributed by atoms with Crippen LogP contribution in [0.5, 0.6) is 5.75 Å². The van der Waals surface area contributed by atoms with E-state index >= 15 is 0 Å². The van der Waals surface area contributed by atoms with Crippen LogP contribution in [0.2, 0.25) is 0 Å². The Balaban J connectivity index is 1.66. The zero-order chi connectivity index (χ0) is 24.4. The van der Waals surface area contributed by atoms with E-state index in [1.807, 2.05) is 25.1 Å². The average molecular weight is 522 g/mol. The van der Waals surface area contributed by atoms with Crippen LogP contribution in [0.25, 0.3) is 16.7 Å². The van der Waals surface area contributed by atoms with Gasteiger partial charge in [-0.3, -0.25) is 4.79 Å². The molecule has 8 heteroatoms. The number of carbonyl (C=O) groups excluding carboxylic acids is 1. The monoisotopic (exact) mass is 521 g/mol. The van der Waals surface area contributed by atoms with Crippen molar-refractivity contribution in [1.29, 1.82) is 0 Å². The van der Waals surface area contributed by atoms with E-state index < -0.39 is 0 Å². The predicted octanol–water partition coefficient (Wildman–Crippen LogP) is 5.91. The molecule has 1 N–H and O–H groups in total. The lowest BCUT2D eigenvalue weighted by Gasteiger charge is -2.22. The van der Waals surface area contributed by atoms with Crippen molar-refractivity contribution in [3.05, 3.63) is 69.7 Å². The number of anilines is 2. The third-order valence-electron chi connectivity index (χ3n) is 5.91. The largest absolute Gasteiger partial charge is 0.496 e.